The van der Waals surface area contributed by atoms with Crippen molar-refractivity contribution in [2.45, 2.75) is 45.1 Å². The van der Waals surface area contributed by atoms with Gasteiger partial charge in [-0.15, -0.1) is 12.4 Å². The second-order valence-electron chi connectivity index (χ2n) is 5.02. The molecule has 0 aromatic heterocycles. The number of rotatable bonds is 6. The van der Waals surface area contributed by atoms with E-state index in [9.17, 15) is 4.79 Å². The Hall–Kier alpha value is -1.22. The van der Waals surface area contributed by atoms with Crippen molar-refractivity contribution in [3.05, 3.63) is 29.8 Å². The molecule has 0 bridgehead atoms. The van der Waals surface area contributed by atoms with Crippen LogP contribution in [-0.2, 0) is 11.2 Å². The number of aryl methyl sites for hydroxylation is 1. The monoisotopic (exact) mass is 282 g/mol. The summed E-state index contributed by atoms with van der Waals surface area (Å²) in [5, 5.41) is 0. The van der Waals surface area contributed by atoms with Crippen molar-refractivity contribution in [1.29, 1.82) is 0 Å². The Labute approximate surface area is 121 Å². The van der Waals surface area contributed by atoms with Gasteiger partial charge in [0, 0.05) is 24.7 Å². The SMILES string of the molecule is CCCN(C(=O)CCc1ccccc1N)C1CC1.Cl. The topological polar surface area (TPSA) is 46.3 Å². The van der Waals surface area contributed by atoms with E-state index in [4.69, 9.17) is 5.73 Å². The summed E-state index contributed by atoms with van der Waals surface area (Å²) in [6.45, 7) is 3.02. The smallest absolute Gasteiger partial charge is 0.223 e. The van der Waals surface area contributed by atoms with Crippen molar-refractivity contribution in [2.24, 2.45) is 0 Å². The lowest BCUT2D eigenvalue weighted by molar-refractivity contribution is -0.131. The van der Waals surface area contributed by atoms with Gasteiger partial charge in [-0.05, 0) is 37.3 Å². The highest BCUT2D eigenvalue weighted by atomic mass is 35.5. The number of carbonyl (C=O) groups excluding carboxylic acids is 1. The summed E-state index contributed by atoms with van der Waals surface area (Å²) < 4.78 is 0. The number of amides is 1. The Morgan fingerprint density at radius 3 is 2.63 bits per heavy atom. The summed E-state index contributed by atoms with van der Waals surface area (Å²) >= 11 is 0. The van der Waals surface area contributed by atoms with Gasteiger partial charge in [-0.25, -0.2) is 0 Å². The van der Waals surface area contributed by atoms with Crippen LogP contribution in [0.1, 0.15) is 38.2 Å². The number of hydrogen-bond acceptors (Lipinski definition) is 2. The molecule has 0 radical (unpaired) electrons. The molecule has 19 heavy (non-hydrogen) atoms. The first-order valence-electron chi connectivity index (χ1n) is 6.85. The predicted molar refractivity (Wildman–Crippen MR) is 81.4 cm³/mol. The van der Waals surface area contributed by atoms with Gasteiger partial charge in [-0.3, -0.25) is 4.79 Å². The van der Waals surface area contributed by atoms with Crippen LogP contribution in [0.25, 0.3) is 0 Å². The molecule has 1 amide bonds. The lowest BCUT2D eigenvalue weighted by atomic mass is 10.1. The number of nitrogens with two attached hydrogens (primary N) is 1. The maximum absolute atomic E-state index is 12.2. The van der Waals surface area contributed by atoms with Crippen molar-refractivity contribution in [3.8, 4) is 0 Å². The molecule has 1 aliphatic rings. The van der Waals surface area contributed by atoms with Crippen LogP contribution < -0.4 is 5.73 Å². The van der Waals surface area contributed by atoms with Crippen molar-refractivity contribution in [1.82, 2.24) is 4.90 Å². The standard InChI is InChI=1S/C15H22N2O.ClH/c1-2-11-17(13-8-9-13)15(18)10-7-12-5-3-4-6-14(12)16;/h3-6,13H,2,7-11,16H2,1H3;1H. The molecule has 1 saturated carbocycles. The first-order valence-corrected chi connectivity index (χ1v) is 6.85. The molecule has 0 saturated heterocycles. The van der Waals surface area contributed by atoms with E-state index in [1.807, 2.05) is 24.3 Å². The Morgan fingerprint density at radius 1 is 1.37 bits per heavy atom. The zero-order chi connectivity index (χ0) is 13.0. The maximum Gasteiger partial charge on any atom is 0.223 e. The summed E-state index contributed by atoms with van der Waals surface area (Å²) in [7, 11) is 0. The number of nitrogens with zero attached hydrogens (tertiary/aromatic N) is 1. The quantitative estimate of drug-likeness (QED) is 0.815. The lowest BCUT2D eigenvalue weighted by Gasteiger charge is -2.21. The number of benzene rings is 1. The molecule has 1 fully saturated rings. The summed E-state index contributed by atoms with van der Waals surface area (Å²) in [4.78, 5) is 14.2. The molecular weight excluding hydrogens is 260 g/mol. The number of carbonyl (C=O) groups is 1. The van der Waals surface area contributed by atoms with Crippen LogP contribution >= 0.6 is 12.4 Å². The Bertz CT molecular complexity index is 418. The molecule has 0 heterocycles. The van der Waals surface area contributed by atoms with Crippen molar-refractivity contribution < 1.29 is 4.79 Å². The molecule has 1 aromatic carbocycles. The maximum atomic E-state index is 12.2. The van der Waals surface area contributed by atoms with E-state index in [0.717, 1.165) is 30.6 Å². The van der Waals surface area contributed by atoms with Crippen LogP contribution in [0.15, 0.2) is 24.3 Å². The van der Waals surface area contributed by atoms with Crippen molar-refractivity contribution in [3.63, 3.8) is 0 Å². The van der Waals surface area contributed by atoms with E-state index < -0.39 is 0 Å². The number of nitrogen functional groups attached to an aromatic ring is 1. The molecule has 2 N–H and O–H groups in total. The minimum absolute atomic E-state index is 0. The normalized spacial score (nSPS) is 13.7. The van der Waals surface area contributed by atoms with Crippen LogP contribution in [0, 0.1) is 0 Å². The first-order chi connectivity index (χ1) is 8.72. The summed E-state index contributed by atoms with van der Waals surface area (Å²) in [6, 6.07) is 8.31. The van der Waals surface area contributed by atoms with Crippen molar-refractivity contribution >= 4 is 24.0 Å². The lowest BCUT2D eigenvalue weighted by Crippen LogP contribution is -2.33. The third-order valence-corrected chi connectivity index (χ3v) is 3.44. The van der Waals surface area contributed by atoms with Crippen LogP contribution in [0.5, 0.6) is 0 Å². The van der Waals surface area contributed by atoms with E-state index in [0.29, 0.717) is 12.5 Å². The minimum atomic E-state index is 0. The van der Waals surface area contributed by atoms with Gasteiger partial charge >= 0.3 is 0 Å². The molecular formula is C15H23ClN2O. The Morgan fingerprint density at radius 2 is 2.05 bits per heavy atom. The molecule has 1 aliphatic carbocycles. The van der Waals surface area contributed by atoms with Gasteiger partial charge in [0.05, 0.1) is 0 Å². The fraction of sp³-hybridized carbons (Fsp3) is 0.533. The number of para-hydroxylation sites is 1. The van der Waals surface area contributed by atoms with E-state index in [1.54, 1.807) is 0 Å². The van der Waals surface area contributed by atoms with Gasteiger partial charge in [0.2, 0.25) is 5.91 Å². The predicted octanol–water partition coefficient (Wildman–Crippen LogP) is 3.02. The van der Waals surface area contributed by atoms with Crippen LogP contribution in [0.3, 0.4) is 0 Å². The van der Waals surface area contributed by atoms with Gasteiger partial charge in [-0.1, -0.05) is 25.1 Å². The minimum Gasteiger partial charge on any atom is -0.399 e. The average molecular weight is 283 g/mol. The molecule has 3 nitrogen and oxygen atoms in total. The zero-order valence-corrected chi connectivity index (χ0v) is 12.3. The van der Waals surface area contributed by atoms with E-state index in [1.165, 1.54) is 12.8 Å². The fourth-order valence-corrected chi connectivity index (χ4v) is 2.29. The molecule has 1 aromatic rings. The summed E-state index contributed by atoms with van der Waals surface area (Å²) in [6.07, 6.45) is 4.72. The number of halogens is 1. The van der Waals surface area contributed by atoms with Gasteiger partial charge in [0.25, 0.3) is 0 Å². The first kappa shape index (κ1) is 15.8. The highest BCUT2D eigenvalue weighted by molar-refractivity contribution is 5.85. The van der Waals surface area contributed by atoms with Gasteiger partial charge in [0.15, 0.2) is 0 Å². The van der Waals surface area contributed by atoms with E-state index in [-0.39, 0.29) is 18.3 Å². The molecule has 0 aliphatic heterocycles. The summed E-state index contributed by atoms with van der Waals surface area (Å²) in [5.74, 6) is 0.280. The van der Waals surface area contributed by atoms with Gasteiger partial charge in [-0.2, -0.15) is 0 Å². The van der Waals surface area contributed by atoms with Crippen LogP contribution in [-0.4, -0.2) is 23.4 Å². The third-order valence-electron chi connectivity index (χ3n) is 3.44. The Balaban J connectivity index is 0.00000180. The molecule has 106 valence electrons. The van der Waals surface area contributed by atoms with Crippen molar-refractivity contribution in [2.75, 3.05) is 12.3 Å². The summed E-state index contributed by atoms with van der Waals surface area (Å²) in [5.41, 5.74) is 7.76. The molecule has 0 unspecified atom stereocenters. The molecule has 0 spiro atoms. The third kappa shape index (κ3) is 4.43. The molecule has 0 atom stereocenters. The molecule has 4 heteroatoms. The van der Waals surface area contributed by atoms with E-state index in [2.05, 4.69) is 11.8 Å². The highest BCUT2D eigenvalue weighted by Crippen LogP contribution is 2.27. The van der Waals surface area contributed by atoms with Gasteiger partial charge in [0.1, 0.15) is 0 Å². The average Bonchev–Trinajstić information content (AvgIpc) is 3.19. The zero-order valence-electron chi connectivity index (χ0n) is 11.5. The molecule has 2 rings (SSSR count). The Kier molecular flexibility index (Phi) is 6.16. The number of anilines is 1. The van der Waals surface area contributed by atoms with Crippen LogP contribution in [0.4, 0.5) is 5.69 Å². The fourth-order valence-electron chi connectivity index (χ4n) is 2.29. The second-order valence-corrected chi connectivity index (χ2v) is 5.02. The highest BCUT2D eigenvalue weighted by Gasteiger charge is 2.31. The van der Waals surface area contributed by atoms with Crippen LogP contribution in [0.2, 0.25) is 0 Å². The van der Waals surface area contributed by atoms with E-state index >= 15 is 0 Å². The number of hydrogen-bond donors (Lipinski definition) is 1. The largest absolute Gasteiger partial charge is 0.399 e. The van der Waals surface area contributed by atoms with Gasteiger partial charge < -0.3 is 10.6 Å². The second kappa shape index (κ2) is 7.39.